The Morgan fingerprint density at radius 1 is 0.533 bits per heavy atom. The first-order valence-corrected chi connectivity index (χ1v) is 18.1. The van der Waals surface area contributed by atoms with E-state index >= 15 is 0 Å². The second-order valence-corrected chi connectivity index (χ2v) is 13.8. The molecule has 0 unspecified atom stereocenters. The summed E-state index contributed by atoms with van der Waals surface area (Å²) in [7, 11) is -1.73. The van der Waals surface area contributed by atoms with E-state index in [4.69, 9.17) is 18.9 Å². The van der Waals surface area contributed by atoms with E-state index in [0.29, 0.717) is 45.1 Å². The average molecular weight is 940 g/mol. The molecule has 0 aliphatic carbocycles. The van der Waals surface area contributed by atoms with Crippen LogP contribution in [-0.4, -0.2) is 37.0 Å². The summed E-state index contributed by atoms with van der Waals surface area (Å²) in [5.41, 5.74) is 3.16. The molecule has 12 nitrogen and oxygen atoms in total. The van der Waals surface area contributed by atoms with E-state index in [1.165, 1.54) is 42.5 Å². The minimum atomic E-state index is -4.39. The van der Waals surface area contributed by atoms with Gasteiger partial charge in [-0.1, -0.05) is 48.5 Å². The first-order chi connectivity index (χ1) is 28.3. The Hall–Kier alpha value is -6.65. The van der Waals surface area contributed by atoms with Crippen molar-refractivity contribution in [3.8, 4) is 34.0 Å². The molecule has 0 spiro atoms. The number of hydrogen-bond donors (Lipinski definition) is 2. The molecule has 0 fully saturated rings. The van der Waals surface area contributed by atoms with E-state index in [2.05, 4.69) is 32.6 Å². The minimum absolute atomic E-state index is 0.00922. The fourth-order valence-corrected chi connectivity index (χ4v) is 5.76. The SMILES string of the molecule is O=[N+]([O-])c1ccc2oc(-c3ccc(-c4ccc(C(F)(F)F)cc4)cc3)nc2c1.O=[N+]([O-])c1ccc2oc(-c3ccc(I)cc3)nc2c1.OB(O)c1ccc(C(F)(F)F)cc1. The standard InChI is InChI=1S/C20H11F3N2O3.C13H7IN2O3.C7H6BF3O2/c21-20(22,23)15-7-5-13(6-8-15)12-1-3-14(4-2-12)19-24-17-11-16(25(26)27)9-10-18(17)28-19;14-9-3-1-8(2-4-9)13-15-11-7-10(16(17)18)5-6-12(11)19-13;9-7(10,11)5-1-3-6(4-2-5)8(12)13/h1-11H;1-7H;1-4,12-13H. The predicted molar refractivity (Wildman–Crippen MR) is 217 cm³/mol. The van der Waals surface area contributed by atoms with Crippen molar-refractivity contribution in [2.24, 2.45) is 0 Å². The molecule has 0 saturated heterocycles. The molecular formula is C40H24BF6IN4O8. The van der Waals surface area contributed by atoms with Crippen molar-refractivity contribution >= 4 is 68.7 Å². The van der Waals surface area contributed by atoms with Gasteiger partial charge in [0.25, 0.3) is 11.4 Å². The Labute approximate surface area is 347 Å². The van der Waals surface area contributed by atoms with Crippen molar-refractivity contribution in [2.45, 2.75) is 12.4 Å². The number of hydrogen-bond acceptors (Lipinski definition) is 10. The summed E-state index contributed by atoms with van der Waals surface area (Å²) in [4.78, 5) is 29.2. The maximum atomic E-state index is 12.7. The lowest BCUT2D eigenvalue weighted by molar-refractivity contribution is -0.384. The molecule has 2 aromatic heterocycles. The summed E-state index contributed by atoms with van der Waals surface area (Å²) in [6.45, 7) is 0. The van der Waals surface area contributed by atoms with Crippen LogP contribution < -0.4 is 5.46 Å². The van der Waals surface area contributed by atoms with Gasteiger partial charge in [-0.2, -0.15) is 26.3 Å². The highest BCUT2D eigenvalue weighted by Gasteiger charge is 2.31. The van der Waals surface area contributed by atoms with Crippen molar-refractivity contribution in [1.82, 2.24) is 9.97 Å². The number of benzene rings is 6. The number of non-ortho nitro benzene ring substituents is 2. The molecule has 0 bridgehead atoms. The van der Waals surface area contributed by atoms with Crippen molar-refractivity contribution in [1.29, 1.82) is 0 Å². The fourth-order valence-electron chi connectivity index (χ4n) is 5.40. The van der Waals surface area contributed by atoms with Gasteiger partial charge in [-0.15, -0.1) is 0 Å². The highest BCUT2D eigenvalue weighted by molar-refractivity contribution is 14.1. The maximum absolute atomic E-state index is 12.7. The van der Waals surface area contributed by atoms with E-state index in [1.54, 1.807) is 30.3 Å². The molecule has 20 heteroatoms. The molecule has 60 heavy (non-hydrogen) atoms. The Balaban J connectivity index is 0.000000163. The first-order valence-electron chi connectivity index (χ1n) is 17.0. The molecule has 2 heterocycles. The number of nitro groups is 2. The van der Waals surface area contributed by atoms with Gasteiger partial charge in [-0.05, 0) is 99.8 Å². The van der Waals surface area contributed by atoms with Crippen molar-refractivity contribution in [3.05, 3.63) is 168 Å². The lowest BCUT2D eigenvalue weighted by Crippen LogP contribution is -2.29. The summed E-state index contributed by atoms with van der Waals surface area (Å²) < 4.78 is 86.3. The largest absolute Gasteiger partial charge is 0.488 e. The molecule has 304 valence electrons. The van der Waals surface area contributed by atoms with Crippen LogP contribution in [0, 0.1) is 23.8 Å². The van der Waals surface area contributed by atoms with Crippen molar-refractivity contribution in [2.75, 3.05) is 0 Å². The zero-order valence-electron chi connectivity index (χ0n) is 30.1. The van der Waals surface area contributed by atoms with Crippen LogP contribution in [0.3, 0.4) is 0 Å². The third-order valence-corrected chi connectivity index (χ3v) is 9.19. The van der Waals surface area contributed by atoms with Gasteiger partial charge < -0.3 is 18.9 Å². The smallest absolute Gasteiger partial charge is 0.436 e. The van der Waals surface area contributed by atoms with Gasteiger partial charge in [0.15, 0.2) is 11.2 Å². The van der Waals surface area contributed by atoms with Crippen LogP contribution in [0.25, 0.3) is 56.2 Å². The lowest BCUT2D eigenvalue weighted by atomic mass is 9.80. The molecule has 0 amide bonds. The minimum Gasteiger partial charge on any atom is -0.436 e. The van der Waals surface area contributed by atoms with Gasteiger partial charge in [-0.3, -0.25) is 20.2 Å². The van der Waals surface area contributed by atoms with Crippen LogP contribution in [0.5, 0.6) is 0 Å². The lowest BCUT2D eigenvalue weighted by Gasteiger charge is -2.08. The van der Waals surface area contributed by atoms with Crippen LogP contribution in [0.4, 0.5) is 37.7 Å². The summed E-state index contributed by atoms with van der Waals surface area (Å²) in [5, 5.41) is 38.7. The summed E-state index contributed by atoms with van der Waals surface area (Å²) in [5.74, 6) is 0.765. The summed E-state index contributed by atoms with van der Waals surface area (Å²) in [6, 6.07) is 31.7. The fraction of sp³-hybridized carbons (Fsp3) is 0.0500. The Bertz CT molecular complexity index is 2780. The summed E-state index contributed by atoms with van der Waals surface area (Å²) >= 11 is 2.22. The van der Waals surface area contributed by atoms with Gasteiger partial charge >= 0.3 is 19.5 Å². The number of halogens is 7. The maximum Gasteiger partial charge on any atom is 0.488 e. The van der Waals surface area contributed by atoms with E-state index in [-0.39, 0.29) is 16.8 Å². The molecular weight excluding hydrogens is 916 g/mol. The molecule has 0 aliphatic heterocycles. The first kappa shape index (κ1) is 42.9. The molecule has 0 radical (unpaired) electrons. The number of nitrogens with zero attached hydrogens (tertiary/aromatic N) is 4. The second-order valence-electron chi connectivity index (χ2n) is 12.5. The third kappa shape index (κ3) is 10.5. The topological polar surface area (TPSA) is 179 Å². The van der Waals surface area contributed by atoms with E-state index < -0.39 is 40.4 Å². The molecule has 0 atom stereocenters. The van der Waals surface area contributed by atoms with Crippen molar-refractivity contribution < 1.29 is 55.1 Å². The van der Waals surface area contributed by atoms with Crippen LogP contribution in [0.1, 0.15) is 11.1 Å². The quantitative estimate of drug-likeness (QED) is 0.0536. The number of oxazole rings is 2. The van der Waals surface area contributed by atoms with Crippen LogP contribution in [0.2, 0.25) is 0 Å². The van der Waals surface area contributed by atoms with Crippen LogP contribution in [0.15, 0.2) is 142 Å². The predicted octanol–water partition coefficient (Wildman–Crippen LogP) is 10.5. The van der Waals surface area contributed by atoms with E-state index in [0.717, 1.165) is 51.1 Å². The van der Waals surface area contributed by atoms with Gasteiger partial charge in [0.05, 0.1) is 21.0 Å². The van der Waals surface area contributed by atoms with E-state index in [9.17, 15) is 46.6 Å². The number of fused-ring (bicyclic) bond motifs is 2. The number of alkyl halides is 6. The monoisotopic (exact) mass is 940 g/mol. The zero-order valence-corrected chi connectivity index (χ0v) is 32.2. The van der Waals surface area contributed by atoms with Gasteiger partial charge in [-0.25, -0.2) is 9.97 Å². The molecule has 2 N–H and O–H groups in total. The molecule has 8 aromatic rings. The van der Waals surface area contributed by atoms with Gasteiger partial charge in [0.2, 0.25) is 11.8 Å². The molecule has 0 saturated carbocycles. The van der Waals surface area contributed by atoms with Crippen LogP contribution >= 0.6 is 22.6 Å². The third-order valence-electron chi connectivity index (χ3n) is 8.47. The second kappa shape index (κ2) is 17.7. The molecule has 0 aliphatic rings. The number of aromatic nitrogens is 2. The van der Waals surface area contributed by atoms with Crippen LogP contribution in [-0.2, 0) is 12.4 Å². The average Bonchev–Trinajstić information content (AvgIpc) is 3.85. The Kier molecular flexibility index (Phi) is 12.7. The Morgan fingerprint density at radius 3 is 1.25 bits per heavy atom. The Morgan fingerprint density at radius 2 is 0.883 bits per heavy atom. The highest BCUT2D eigenvalue weighted by Crippen LogP contribution is 2.33. The normalized spacial score (nSPS) is 11.3. The number of rotatable bonds is 6. The van der Waals surface area contributed by atoms with Crippen molar-refractivity contribution in [3.63, 3.8) is 0 Å². The highest BCUT2D eigenvalue weighted by atomic mass is 127. The zero-order chi connectivity index (χ0) is 43.4. The van der Waals surface area contributed by atoms with E-state index in [1.807, 2.05) is 24.3 Å². The molecule has 8 rings (SSSR count). The summed E-state index contributed by atoms with van der Waals surface area (Å²) in [6.07, 6.45) is -8.76. The number of nitro benzene ring substituents is 2. The molecule has 6 aromatic carbocycles. The van der Waals surface area contributed by atoms with Gasteiger partial charge in [0.1, 0.15) is 11.0 Å². The van der Waals surface area contributed by atoms with Gasteiger partial charge in [0, 0.05) is 39.0 Å².